The summed E-state index contributed by atoms with van der Waals surface area (Å²) in [5, 5.41) is 5.12. The summed E-state index contributed by atoms with van der Waals surface area (Å²) in [4.78, 5) is 16.9. The van der Waals surface area contributed by atoms with E-state index in [1.165, 1.54) is 25.6 Å². The summed E-state index contributed by atoms with van der Waals surface area (Å²) < 4.78 is 16.2. The topological polar surface area (TPSA) is 69.7 Å². The number of ether oxygens (including phenoxy) is 3. The Morgan fingerprint density at radius 3 is 2.62 bits per heavy atom. The minimum absolute atomic E-state index is 0.314. The van der Waals surface area contributed by atoms with Gasteiger partial charge in [-0.3, -0.25) is 10.1 Å². The second-order valence-electron chi connectivity index (χ2n) is 5.24. The first-order valence-electron chi connectivity index (χ1n) is 7.86. The van der Waals surface area contributed by atoms with Crippen LogP contribution in [0.15, 0.2) is 53.9 Å². The van der Waals surface area contributed by atoms with E-state index >= 15 is 0 Å². The van der Waals surface area contributed by atoms with Crippen LogP contribution in [0.2, 0.25) is 0 Å². The molecule has 1 N–H and O–H groups in total. The quantitative estimate of drug-likeness (QED) is 0.681. The van der Waals surface area contributed by atoms with Crippen LogP contribution >= 0.6 is 11.3 Å². The molecule has 0 radical (unpaired) electrons. The monoisotopic (exact) mass is 370 g/mol. The molecule has 0 aliphatic carbocycles. The molecule has 7 heteroatoms. The van der Waals surface area contributed by atoms with Crippen molar-refractivity contribution in [2.75, 3.05) is 19.5 Å². The number of thiazole rings is 1. The molecule has 1 heterocycles. The van der Waals surface area contributed by atoms with Crippen LogP contribution in [0, 0.1) is 0 Å². The smallest absolute Gasteiger partial charge is 0.261 e. The number of benzene rings is 2. The molecule has 6 nitrogen and oxygen atoms in total. The first kappa shape index (κ1) is 17.8. The first-order chi connectivity index (χ1) is 12.7. The Bertz CT molecular complexity index is 880. The number of hydrogen-bond donors (Lipinski definition) is 1. The summed E-state index contributed by atoms with van der Waals surface area (Å²) in [6.45, 7) is 0.332. The second-order valence-corrected chi connectivity index (χ2v) is 6.10. The third-order valence-electron chi connectivity index (χ3n) is 3.55. The van der Waals surface area contributed by atoms with Crippen molar-refractivity contribution >= 4 is 22.4 Å². The number of carbonyl (C=O) groups is 1. The van der Waals surface area contributed by atoms with Gasteiger partial charge in [0.05, 0.1) is 25.5 Å². The van der Waals surface area contributed by atoms with Crippen molar-refractivity contribution in [3.05, 3.63) is 65.2 Å². The summed E-state index contributed by atoms with van der Waals surface area (Å²) >= 11 is 1.34. The van der Waals surface area contributed by atoms with Crippen molar-refractivity contribution in [1.82, 2.24) is 4.98 Å². The summed E-state index contributed by atoms with van der Waals surface area (Å²) in [7, 11) is 3.02. The largest absolute Gasteiger partial charge is 0.493 e. The van der Waals surface area contributed by atoms with Gasteiger partial charge in [-0.1, -0.05) is 24.3 Å². The highest BCUT2D eigenvalue weighted by atomic mass is 32.1. The molecule has 0 bridgehead atoms. The van der Waals surface area contributed by atoms with E-state index in [2.05, 4.69) is 10.3 Å². The van der Waals surface area contributed by atoms with E-state index < -0.39 is 0 Å². The lowest BCUT2D eigenvalue weighted by Crippen LogP contribution is -2.13. The zero-order valence-corrected chi connectivity index (χ0v) is 15.2. The number of carbonyl (C=O) groups excluding carboxylic acids is 1. The molecule has 0 atom stereocenters. The Labute approximate surface area is 155 Å². The van der Waals surface area contributed by atoms with Gasteiger partial charge in [0.2, 0.25) is 0 Å². The fraction of sp³-hybridized carbons (Fsp3) is 0.158. The lowest BCUT2D eigenvalue weighted by Gasteiger charge is -2.11. The molecule has 0 aliphatic rings. The molecule has 1 aromatic heterocycles. The molecule has 0 saturated heterocycles. The molecule has 0 spiro atoms. The molecule has 0 saturated carbocycles. The predicted molar refractivity (Wildman–Crippen MR) is 100 cm³/mol. The van der Waals surface area contributed by atoms with Crippen molar-refractivity contribution in [3.8, 4) is 17.2 Å². The highest BCUT2D eigenvalue weighted by Crippen LogP contribution is 2.31. The maximum atomic E-state index is 12.5. The van der Waals surface area contributed by atoms with Crippen LogP contribution < -0.4 is 19.5 Å². The molecule has 3 rings (SSSR count). The van der Waals surface area contributed by atoms with E-state index in [0.717, 1.165) is 11.4 Å². The Kier molecular flexibility index (Phi) is 5.70. The lowest BCUT2D eigenvalue weighted by molar-refractivity contribution is 0.102. The van der Waals surface area contributed by atoms with Crippen LogP contribution in [0.5, 0.6) is 17.2 Å². The van der Waals surface area contributed by atoms with Gasteiger partial charge in [-0.05, 0) is 24.3 Å². The van der Waals surface area contributed by atoms with Crippen molar-refractivity contribution in [2.45, 2.75) is 6.61 Å². The maximum Gasteiger partial charge on any atom is 0.261 e. The van der Waals surface area contributed by atoms with Gasteiger partial charge in [0.15, 0.2) is 16.6 Å². The summed E-state index contributed by atoms with van der Waals surface area (Å²) in [6, 6.07) is 14.6. The van der Waals surface area contributed by atoms with E-state index in [-0.39, 0.29) is 5.91 Å². The van der Waals surface area contributed by atoms with Gasteiger partial charge in [-0.25, -0.2) is 4.98 Å². The van der Waals surface area contributed by atoms with Gasteiger partial charge >= 0.3 is 0 Å². The van der Waals surface area contributed by atoms with E-state index in [0.29, 0.717) is 28.8 Å². The molecule has 3 aromatic rings. The van der Waals surface area contributed by atoms with Crippen LogP contribution in [0.4, 0.5) is 5.13 Å². The Morgan fingerprint density at radius 2 is 1.88 bits per heavy atom. The van der Waals surface area contributed by atoms with Gasteiger partial charge in [0.1, 0.15) is 12.4 Å². The van der Waals surface area contributed by atoms with Crippen LogP contribution in [0.3, 0.4) is 0 Å². The van der Waals surface area contributed by atoms with Crippen LogP contribution in [0.1, 0.15) is 16.1 Å². The van der Waals surface area contributed by atoms with Crippen molar-refractivity contribution < 1.29 is 19.0 Å². The molecule has 26 heavy (non-hydrogen) atoms. The van der Waals surface area contributed by atoms with Crippen LogP contribution in [-0.2, 0) is 6.61 Å². The number of nitrogens with one attached hydrogen (secondary N) is 1. The van der Waals surface area contributed by atoms with Gasteiger partial charge in [0.25, 0.3) is 5.91 Å². The number of rotatable bonds is 7. The third kappa shape index (κ3) is 4.12. The number of aromatic nitrogens is 1. The standard InChI is InChI=1S/C19H18N2O4S/c1-23-16-10-6-9-15(17(16)24-2)18(22)21-19-20-13(12-26-19)11-25-14-7-4-3-5-8-14/h3-10,12H,11H2,1-2H3,(H,20,21,22). The molecule has 134 valence electrons. The third-order valence-corrected chi connectivity index (χ3v) is 4.36. The van der Waals surface area contributed by atoms with Crippen molar-refractivity contribution in [2.24, 2.45) is 0 Å². The fourth-order valence-electron chi connectivity index (χ4n) is 2.34. The second kappa shape index (κ2) is 8.35. The molecule has 0 aliphatic heterocycles. The van der Waals surface area contributed by atoms with Crippen molar-refractivity contribution in [3.63, 3.8) is 0 Å². The maximum absolute atomic E-state index is 12.5. The van der Waals surface area contributed by atoms with E-state index in [1.807, 2.05) is 35.7 Å². The van der Waals surface area contributed by atoms with Crippen LogP contribution in [-0.4, -0.2) is 25.1 Å². The van der Waals surface area contributed by atoms with Gasteiger partial charge in [0, 0.05) is 5.38 Å². The average molecular weight is 370 g/mol. The zero-order valence-electron chi connectivity index (χ0n) is 14.4. The fourth-order valence-corrected chi connectivity index (χ4v) is 3.03. The highest BCUT2D eigenvalue weighted by molar-refractivity contribution is 7.14. The van der Waals surface area contributed by atoms with E-state index in [4.69, 9.17) is 14.2 Å². The summed E-state index contributed by atoms with van der Waals surface area (Å²) in [6.07, 6.45) is 0. The normalized spacial score (nSPS) is 10.2. The van der Waals surface area contributed by atoms with Gasteiger partial charge < -0.3 is 14.2 Å². The minimum Gasteiger partial charge on any atom is -0.493 e. The SMILES string of the molecule is COc1cccc(C(=O)Nc2nc(COc3ccccc3)cs2)c1OC. The van der Waals surface area contributed by atoms with E-state index in [1.54, 1.807) is 18.2 Å². The number of nitrogens with zero attached hydrogens (tertiary/aromatic N) is 1. The van der Waals surface area contributed by atoms with Crippen LogP contribution in [0.25, 0.3) is 0 Å². The van der Waals surface area contributed by atoms with Crippen molar-refractivity contribution in [1.29, 1.82) is 0 Å². The Balaban J connectivity index is 1.66. The number of methoxy groups -OCH3 is 2. The van der Waals surface area contributed by atoms with Gasteiger partial charge in [-0.15, -0.1) is 11.3 Å². The Morgan fingerprint density at radius 1 is 1.08 bits per heavy atom. The first-order valence-corrected chi connectivity index (χ1v) is 8.74. The number of amides is 1. The number of hydrogen-bond acceptors (Lipinski definition) is 6. The number of anilines is 1. The minimum atomic E-state index is -0.314. The van der Waals surface area contributed by atoms with Gasteiger partial charge in [-0.2, -0.15) is 0 Å². The lowest BCUT2D eigenvalue weighted by atomic mass is 10.1. The predicted octanol–water partition coefficient (Wildman–Crippen LogP) is 3.99. The molecule has 0 unspecified atom stereocenters. The number of para-hydroxylation sites is 2. The highest BCUT2D eigenvalue weighted by Gasteiger charge is 2.17. The molecule has 1 amide bonds. The summed E-state index contributed by atoms with van der Waals surface area (Å²) in [5.41, 5.74) is 1.12. The average Bonchev–Trinajstić information content (AvgIpc) is 3.13. The molecule has 2 aromatic carbocycles. The Hall–Kier alpha value is -3.06. The summed E-state index contributed by atoms with van der Waals surface area (Å²) in [5.74, 6) is 1.34. The molecule has 0 fully saturated rings. The zero-order chi connectivity index (χ0) is 18.4. The molecular weight excluding hydrogens is 352 g/mol. The van der Waals surface area contributed by atoms with E-state index in [9.17, 15) is 4.79 Å². The molecular formula is C19H18N2O4S.